The molecule has 6 heteroatoms. The van der Waals surface area contributed by atoms with Crippen molar-refractivity contribution in [2.75, 3.05) is 19.0 Å². The van der Waals surface area contributed by atoms with Gasteiger partial charge in [0.1, 0.15) is 11.3 Å². The first kappa shape index (κ1) is 21.5. The molecular formula is C22H26ClN3O2. The molecule has 1 heterocycles. The number of aryl methyl sites for hydroxylation is 1. The summed E-state index contributed by atoms with van der Waals surface area (Å²) in [7, 11) is 1.62. The van der Waals surface area contributed by atoms with Crippen LogP contribution in [0.2, 0.25) is 0 Å². The highest BCUT2D eigenvalue weighted by atomic mass is 35.5. The van der Waals surface area contributed by atoms with Gasteiger partial charge in [-0.3, -0.25) is 9.78 Å². The molecule has 0 unspecified atom stereocenters. The SMILES string of the molecule is CCCNC(=O)c1cnc2c(OC)cccc2c1Nc1ccccc1CC.Cl. The molecule has 0 aliphatic carbocycles. The number of nitrogens with one attached hydrogen (secondary N) is 2. The highest BCUT2D eigenvalue weighted by molar-refractivity contribution is 6.09. The van der Waals surface area contributed by atoms with E-state index in [1.54, 1.807) is 13.3 Å². The van der Waals surface area contributed by atoms with Crippen LogP contribution in [0.15, 0.2) is 48.7 Å². The number of fused-ring (bicyclic) bond motifs is 1. The van der Waals surface area contributed by atoms with E-state index in [0.29, 0.717) is 17.9 Å². The summed E-state index contributed by atoms with van der Waals surface area (Å²) < 4.78 is 5.45. The molecule has 3 rings (SSSR count). The number of hydrogen-bond acceptors (Lipinski definition) is 4. The van der Waals surface area contributed by atoms with E-state index in [1.165, 1.54) is 5.56 Å². The Labute approximate surface area is 171 Å². The topological polar surface area (TPSA) is 63.2 Å². The van der Waals surface area contributed by atoms with Gasteiger partial charge in [-0.05, 0) is 30.5 Å². The second kappa shape index (κ2) is 9.95. The van der Waals surface area contributed by atoms with Crippen molar-refractivity contribution in [3.05, 3.63) is 59.8 Å². The van der Waals surface area contributed by atoms with Crippen molar-refractivity contribution < 1.29 is 9.53 Å². The molecule has 0 saturated heterocycles. The summed E-state index contributed by atoms with van der Waals surface area (Å²) >= 11 is 0. The molecule has 0 aliphatic heterocycles. The summed E-state index contributed by atoms with van der Waals surface area (Å²) in [6.45, 7) is 4.77. The number of carbonyl (C=O) groups is 1. The molecule has 28 heavy (non-hydrogen) atoms. The Morgan fingerprint density at radius 3 is 2.61 bits per heavy atom. The molecule has 0 aliphatic rings. The van der Waals surface area contributed by atoms with E-state index < -0.39 is 0 Å². The lowest BCUT2D eigenvalue weighted by atomic mass is 10.1. The normalized spacial score (nSPS) is 10.2. The fraction of sp³-hybridized carbons (Fsp3) is 0.273. The van der Waals surface area contributed by atoms with E-state index in [0.717, 1.165) is 35.1 Å². The maximum absolute atomic E-state index is 12.7. The van der Waals surface area contributed by atoms with Crippen LogP contribution < -0.4 is 15.4 Å². The molecule has 148 valence electrons. The maximum atomic E-state index is 12.7. The van der Waals surface area contributed by atoms with Crippen molar-refractivity contribution in [2.45, 2.75) is 26.7 Å². The number of anilines is 2. The number of aromatic nitrogens is 1. The Kier molecular flexibility index (Phi) is 7.64. The summed E-state index contributed by atoms with van der Waals surface area (Å²) in [5.74, 6) is 0.547. The van der Waals surface area contributed by atoms with Crippen LogP contribution in [0.25, 0.3) is 10.9 Å². The maximum Gasteiger partial charge on any atom is 0.254 e. The highest BCUT2D eigenvalue weighted by Gasteiger charge is 2.18. The third-order valence-electron chi connectivity index (χ3n) is 4.52. The van der Waals surface area contributed by atoms with Crippen LogP contribution in [0.5, 0.6) is 5.75 Å². The average Bonchev–Trinajstić information content (AvgIpc) is 2.72. The van der Waals surface area contributed by atoms with Crippen LogP contribution in [-0.4, -0.2) is 24.5 Å². The Bertz CT molecular complexity index is 960. The molecule has 0 atom stereocenters. The van der Waals surface area contributed by atoms with Crippen molar-refractivity contribution in [3.63, 3.8) is 0 Å². The highest BCUT2D eigenvalue weighted by Crippen LogP contribution is 2.34. The van der Waals surface area contributed by atoms with E-state index in [4.69, 9.17) is 4.74 Å². The van der Waals surface area contributed by atoms with Gasteiger partial charge in [-0.1, -0.05) is 44.2 Å². The van der Waals surface area contributed by atoms with Gasteiger partial charge in [0.2, 0.25) is 0 Å². The standard InChI is InChI=1S/C22H25N3O2.ClH/c1-4-13-23-22(26)17-14-24-21-16(10-8-12-19(21)27-3)20(17)25-18-11-7-6-9-15(18)5-2;/h6-12,14H,4-5,13H2,1-3H3,(H,23,26)(H,24,25);1H. The monoisotopic (exact) mass is 399 g/mol. The van der Waals surface area contributed by atoms with Gasteiger partial charge >= 0.3 is 0 Å². The van der Waals surface area contributed by atoms with E-state index in [9.17, 15) is 4.79 Å². The molecule has 0 spiro atoms. The molecule has 0 bridgehead atoms. The first-order valence-electron chi connectivity index (χ1n) is 9.28. The number of rotatable bonds is 7. The predicted octanol–water partition coefficient (Wildman–Crippen LogP) is 5.11. The summed E-state index contributed by atoms with van der Waals surface area (Å²) in [6, 6.07) is 13.9. The number of nitrogens with zero attached hydrogens (tertiary/aromatic N) is 1. The van der Waals surface area contributed by atoms with Gasteiger partial charge in [0, 0.05) is 23.8 Å². The van der Waals surface area contributed by atoms with E-state index >= 15 is 0 Å². The molecular weight excluding hydrogens is 374 g/mol. The van der Waals surface area contributed by atoms with Crippen molar-refractivity contribution in [1.82, 2.24) is 10.3 Å². The molecule has 0 fully saturated rings. The minimum atomic E-state index is -0.134. The van der Waals surface area contributed by atoms with E-state index in [-0.39, 0.29) is 18.3 Å². The van der Waals surface area contributed by atoms with E-state index in [2.05, 4.69) is 28.6 Å². The van der Waals surface area contributed by atoms with Gasteiger partial charge < -0.3 is 15.4 Å². The van der Waals surface area contributed by atoms with Crippen molar-refractivity contribution in [3.8, 4) is 5.75 Å². The predicted molar refractivity (Wildman–Crippen MR) is 117 cm³/mol. The third-order valence-corrected chi connectivity index (χ3v) is 4.52. The summed E-state index contributed by atoms with van der Waals surface area (Å²) in [5.41, 5.74) is 4.16. The Hall–Kier alpha value is -2.79. The Morgan fingerprint density at radius 2 is 1.89 bits per heavy atom. The fourth-order valence-corrected chi connectivity index (χ4v) is 3.09. The van der Waals surface area contributed by atoms with Crippen LogP contribution in [0, 0.1) is 0 Å². The number of methoxy groups -OCH3 is 1. The van der Waals surface area contributed by atoms with Gasteiger partial charge in [-0.2, -0.15) is 0 Å². The van der Waals surface area contributed by atoms with Crippen LogP contribution in [-0.2, 0) is 6.42 Å². The lowest BCUT2D eigenvalue weighted by Crippen LogP contribution is -2.25. The summed E-state index contributed by atoms with van der Waals surface area (Å²) in [6.07, 6.45) is 3.39. The van der Waals surface area contributed by atoms with Crippen molar-refractivity contribution in [1.29, 1.82) is 0 Å². The number of para-hydroxylation sites is 2. The zero-order valence-electron chi connectivity index (χ0n) is 16.4. The molecule has 2 aromatic carbocycles. The first-order valence-corrected chi connectivity index (χ1v) is 9.28. The molecule has 3 aromatic rings. The van der Waals surface area contributed by atoms with Crippen LogP contribution in [0.4, 0.5) is 11.4 Å². The second-order valence-electron chi connectivity index (χ2n) is 6.29. The number of carbonyl (C=O) groups excluding carboxylic acids is 1. The molecule has 0 radical (unpaired) electrons. The number of benzene rings is 2. The van der Waals surface area contributed by atoms with Crippen LogP contribution in [0.3, 0.4) is 0 Å². The van der Waals surface area contributed by atoms with Crippen LogP contribution >= 0.6 is 12.4 Å². The minimum Gasteiger partial charge on any atom is -0.494 e. The molecule has 2 N–H and O–H groups in total. The quantitative estimate of drug-likeness (QED) is 0.579. The zero-order valence-corrected chi connectivity index (χ0v) is 17.2. The second-order valence-corrected chi connectivity index (χ2v) is 6.29. The number of halogens is 1. The fourth-order valence-electron chi connectivity index (χ4n) is 3.09. The van der Waals surface area contributed by atoms with Gasteiger partial charge in [-0.15, -0.1) is 12.4 Å². The minimum absolute atomic E-state index is 0. The third kappa shape index (κ3) is 4.37. The molecule has 1 aromatic heterocycles. The van der Waals surface area contributed by atoms with Gasteiger partial charge in [0.15, 0.2) is 0 Å². The Morgan fingerprint density at radius 1 is 1.11 bits per heavy atom. The first-order chi connectivity index (χ1) is 13.2. The van der Waals surface area contributed by atoms with Crippen molar-refractivity contribution in [2.24, 2.45) is 0 Å². The van der Waals surface area contributed by atoms with Crippen LogP contribution in [0.1, 0.15) is 36.2 Å². The average molecular weight is 400 g/mol. The number of amides is 1. The molecule has 5 nitrogen and oxygen atoms in total. The van der Waals surface area contributed by atoms with Gasteiger partial charge in [-0.25, -0.2) is 0 Å². The number of pyridine rings is 1. The van der Waals surface area contributed by atoms with Gasteiger partial charge in [0.05, 0.1) is 18.4 Å². The lowest BCUT2D eigenvalue weighted by Gasteiger charge is -2.17. The molecule has 1 amide bonds. The van der Waals surface area contributed by atoms with Crippen molar-refractivity contribution >= 4 is 40.6 Å². The molecule has 0 saturated carbocycles. The lowest BCUT2D eigenvalue weighted by molar-refractivity contribution is 0.0954. The smallest absolute Gasteiger partial charge is 0.254 e. The number of ether oxygens (including phenoxy) is 1. The Balaban J connectivity index is 0.00000280. The van der Waals surface area contributed by atoms with Gasteiger partial charge in [0.25, 0.3) is 5.91 Å². The summed E-state index contributed by atoms with van der Waals surface area (Å²) in [5, 5.41) is 7.29. The largest absolute Gasteiger partial charge is 0.494 e. The van der Waals surface area contributed by atoms with E-state index in [1.807, 2.05) is 43.3 Å². The summed E-state index contributed by atoms with van der Waals surface area (Å²) in [4.78, 5) is 17.2. The number of hydrogen-bond donors (Lipinski definition) is 2. The zero-order chi connectivity index (χ0) is 19.2.